The lowest BCUT2D eigenvalue weighted by molar-refractivity contribution is 0.0223. The second-order valence-electron chi connectivity index (χ2n) is 15.3. The number of nitrogens with one attached hydrogen (secondary N) is 2. The Morgan fingerprint density at radius 2 is 1.03 bits per heavy atom. The normalized spacial score (nSPS) is 14.9. The third-order valence-electron chi connectivity index (χ3n) is 10.1. The van der Waals surface area contributed by atoms with E-state index in [0.29, 0.717) is 135 Å². The van der Waals surface area contributed by atoms with Crippen molar-refractivity contribution in [2.24, 2.45) is 0 Å². The van der Waals surface area contributed by atoms with Crippen molar-refractivity contribution in [3.63, 3.8) is 0 Å². The van der Waals surface area contributed by atoms with E-state index >= 15 is 0 Å². The Balaban J connectivity index is 0.826. The molecule has 0 unspecified atom stereocenters. The molecule has 1 aromatic heterocycles. The topological polar surface area (TPSA) is 147 Å². The highest BCUT2D eigenvalue weighted by atomic mass is 16.6. The molecule has 0 atom stereocenters. The number of ether oxygens (including phenoxy) is 10. The van der Waals surface area contributed by atoms with Gasteiger partial charge in [0, 0.05) is 26.2 Å². The van der Waals surface area contributed by atoms with Gasteiger partial charge in [0.2, 0.25) is 0 Å². The molecule has 0 fully saturated rings. The Morgan fingerprint density at radius 3 is 1.71 bits per heavy atom. The third kappa shape index (κ3) is 20.2. The summed E-state index contributed by atoms with van der Waals surface area (Å²) in [6, 6.07) is 32.2. The number of unbranched alkanes of at least 4 members (excludes halogenated alkanes) is 3. The molecule has 6 rings (SSSR count). The molecule has 2 N–H and O–H groups in total. The van der Waals surface area contributed by atoms with Crippen LogP contribution in [-0.2, 0) is 56.5 Å². The molecule has 0 bridgehead atoms. The first kappa shape index (κ1) is 49.2. The van der Waals surface area contributed by atoms with Crippen LogP contribution < -0.4 is 34.3 Å². The first-order valence-electron chi connectivity index (χ1n) is 23.0. The predicted molar refractivity (Wildman–Crippen MR) is 247 cm³/mol. The van der Waals surface area contributed by atoms with Crippen LogP contribution in [0.15, 0.2) is 103 Å². The van der Waals surface area contributed by atoms with Gasteiger partial charge >= 0.3 is 0 Å². The summed E-state index contributed by atoms with van der Waals surface area (Å²) in [5, 5.41) is 15.6. The SMILES string of the molecule is c1ccc(CNCCCCCCn2cc(COCCOc3ccc(CNCc4ccc5c(c4)OCCOCCOCCOc4ccccc4OCCOCCOCCO5)cc3)nn2)cc1. The molecule has 2 heterocycles. The fourth-order valence-electron chi connectivity index (χ4n) is 6.74. The number of benzene rings is 4. The van der Waals surface area contributed by atoms with Crippen molar-refractivity contribution in [3.8, 4) is 28.7 Å². The molecule has 352 valence electrons. The molecule has 0 saturated heterocycles. The lowest BCUT2D eigenvalue weighted by Gasteiger charge is -2.15. The van der Waals surface area contributed by atoms with Crippen LogP contribution in [0.25, 0.3) is 0 Å². The van der Waals surface area contributed by atoms with Crippen molar-refractivity contribution in [3.05, 3.63) is 126 Å². The average Bonchev–Trinajstić information content (AvgIpc) is 3.79. The minimum absolute atomic E-state index is 0.361. The second kappa shape index (κ2) is 30.8. The van der Waals surface area contributed by atoms with Gasteiger partial charge in [-0.05, 0) is 72.5 Å². The van der Waals surface area contributed by atoms with Gasteiger partial charge in [-0.1, -0.05) is 78.7 Å². The zero-order valence-electron chi connectivity index (χ0n) is 37.7. The van der Waals surface area contributed by atoms with Crippen molar-refractivity contribution in [1.29, 1.82) is 0 Å². The van der Waals surface area contributed by atoms with Crippen molar-refractivity contribution >= 4 is 0 Å². The van der Waals surface area contributed by atoms with Gasteiger partial charge in [0.1, 0.15) is 44.5 Å². The monoisotopic (exact) mass is 897 g/mol. The van der Waals surface area contributed by atoms with Crippen LogP contribution in [0.5, 0.6) is 28.7 Å². The molecule has 0 radical (unpaired) electrons. The molecule has 5 aromatic rings. The fourth-order valence-corrected chi connectivity index (χ4v) is 6.74. The highest BCUT2D eigenvalue weighted by Crippen LogP contribution is 2.29. The van der Waals surface area contributed by atoms with Crippen LogP contribution in [0.3, 0.4) is 0 Å². The molecule has 1 aliphatic rings. The highest BCUT2D eigenvalue weighted by Gasteiger charge is 2.10. The summed E-state index contributed by atoms with van der Waals surface area (Å²) in [4.78, 5) is 0. The van der Waals surface area contributed by atoms with E-state index in [4.69, 9.17) is 47.4 Å². The van der Waals surface area contributed by atoms with Crippen molar-refractivity contribution in [2.75, 3.05) is 99.0 Å². The maximum absolute atomic E-state index is 6.14. The fraction of sp³-hybridized carbons (Fsp3) is 0.480. The Bertz CT molecular complexity index is 1990. The van der Waals surface area contributed by atoms with Crippen molar-refractivity contribution < 1.29 is 47.4 Å². The maximum Gasteiger partial charge on any atom is 0.161 e. The Hall–Kier alpha value is -5.26. The number of hydrogen-bond donors (Lipinski definition) is 2. The first-order valence-corrected chi connectivity index (χ1v) is 23.0. The van der Waals surface area contributed by atoms with Gasteiger partial charge in [-0.2, -0.15) is 0 Å². The van der Waals surface area contributed by atoms with E-state index in [9.17, 15) is 0 Å². The van der Waals surface area contributed by atoms with Gasteiger partial charge < -0.3 is 58.0 Å². The van der Waals surface area contributed by atoms with Gasteiger partial charge in [-0.25, -0.2) is 0 Å². The summed E-state index contributed by atoms with van der Waals surface area (Å²) in [6.07, 6.45) is 6.60. The summed E-state index contributed by atoms with van der Waals surface area (Å²) in [6.45, 7) is 10.5. The highest BCUT2D eigenvalue weighted by molar-refractivity contribution is 5.43. The molecule has 4 aromatic carbocycles. The van der Waals surface area contributed by atoms with E-state index in [-0.39, 0.29) is 0 Å². The number of aromatic nitrogens is 3. The molecule has 1 aliphatic heterocycles. The summed E-state index contributed by atoms with van der Waals surface area (Å²) >= 11 is 0. The number of hydrogen-bond acceptors (Lipinski definition) is 14. The standard InChI is InChI=1S/C50H67N5O10/c1(8-20-51-37-42-10-4-3-5-11-42)2-9-21-55-40-45(53-54-55)41-60-30-31-61-46-17-14-43(15-18-46)38-52-39-44-16-19-49-50(36-44)65-35-29-59-25-24-57-27-33-63-48-13-7-6-12-47(48)62-32-26-56-22-23-58-28-34-64-49/h3-7,10-19,36,40,51-52H,1-2,8-9,20-35,37-39,41H2. The van der Waals surface area contributed by atoms with Crippen LogP contribution in [0.1, 0.15) is 48.1 Å². The lowest BCUT2D eigenvalue weighted by Crippen LogP contribution is -2.16. The average molecular weight is 898 g/mol. The molecular formula is C50H67N5O10. The third-order valence-corrected chi connectivity index (χ3v) is 10.1. The van der Waals surface area contributed by atoms with E-state index in [0.717, 1.165) is 48.6 Å². The molecule has 0 saturated carbocycles. The summed E-state index contributed by atoms with van der Waals surface area (Å²) in [5.41, 5.74) is 4.36. The van der Waals surface area contributed by atoms with E-state index in [1.54, 1.807) is 0 Å². The number of nitrogens with zero attached hydrogens (tertiary/aromatic N) is 3. The number of aryl methyl sites for hydroxylation is 1. The molecule has 15 heteroatoms. The van der Waals surface area contributed by atoms with Crippen LogP contribution in [-0.4, -0.2) is 114 Å². The van der Waals surface area contributed by atoms with Crippen LogP contribution in [0, 0.1) is 0 Å². The molecule has 65 heavy (non-hydrogen) atoms. The maximum atomic E-state index is 6.14. The first-order chi connectivity index (χ1) is 32.3. The number of rotatable bonds is 19. The number of para-hydroxylation sites is 2. The second-order valence-corrected chi connectivity index (χ2v) is 15.3. The quantitative estimate of drug-likeness (QED) is 0.0837. The number of fused-ring (bicyclic) bond motifs is 2. The minimum Gasteiger partial charge on any atom is -0.491 e. The van der Waals surface area contributed by atoms with Crippen molar-refractivity contribution in [1.82, 2.24) is 25.6 Å². The predicted octanol–water partition coefficient (Wildman–Crippen LogP) is 6.81. The smallest absolute Gasteiger partial charge is 0.161 e. The largest absolute Gasteiger partial charge is 0.491 e. The molecular weight excluding hydrogens is 831 g/mol. The summed E-state index contributed by atoms with van der Waals surface area (Å²) in [5.74, 6) is 3.43. The van der Waals surface area contributed by atoms with E-state index in [1.165, 1.54) is 24.8 Å². The van der Waals surface area contributed by atoms with E-state index in [2.05, 4.69) is 63.4 Å². The van der Waals surface area contributed by atoms with Crippen molar-refractivity contribution in [2.45, 2.75) is 58.5 Å². The zero-order chi connectivity index (χ0) is 44.7. The molecule has 0 spiro atoms. The lowest BCUT2D eigenvalue weighted by atomic mass is 10.2. The van der Waals surface area contributed by atoms with E-state index in [1.807, 2.05) is 65.5 Å². The molecule has 15 nitrogen and oxygen atoms in total. The molecule has 0 aliphatic carbocycles. The van der Waals surface area contributed by atoms with E-state index < -0.39 is 0 Å². The Kier molecular flexibility index (Phi) is 23.3. The summed E-state index contributed by atoms with van der Waals surface area (Å²) in [7, 11) is 0. The Labute approximate surface area is 383 Å². The molecule has 0 amide bonds. The zero-order valence-corrected chi connectivity index (χ0v) is 37.7. The Morgan fingerprint density at radius 1 is 0.492 bits per heavy atom. The van der Waals surface area contributed by atoms with Crippen LogP contribution in [0.4, 0.5) is 0 Å². The van der Waals surface area contributed by atoms with Gasteiger partial charge in [0.15, 0.2) is 23.0 Å². The van der Waals surface area contributed by atoms with Gasteiger partial charge in [0.25, 0.3) is 0 Å². The van der Waals surface area contributed by atoms with Gasteiger partial charge in [-0.15, -0.1) is 5.10 Å². The van der Waals surface area contributed by atoms with Crippen LogP contribution >= 0.6 is 0 Å². The minimum atomic E-state index is 0.361. The summed E-state index contributed by atoms with van der Waals surface area (Å²) < 4.78 is 60.4. The van der Waals surface area contributed by atoms with Gasteiger partial charge in [0.05, 0.1) is 72.3 Å². The van der Waals surface area contributed by atoms with Crippen LogP contribution in [0.2, 0.25) is 0 Å². The van der Waals surface area contributed by atoms with Gasteiger partial charge in [-0.3, -0.25) is 4.68 Å².